The second kappa shape index (κ2) is 5.68. The topological polar surface area (TPSA) is 77.2 Å². The predicted molar refractivity (Wildman–Crippen MR) is 73.5 cm³/mol. The summed E-state index contributed by atoms with van der Waals surface area (Å²) in [7, 11) is 0. The minimum Gasteiger partial charge on any atom is -0.448 e. The molecule has 5 nitrogen and oxygen atoms in total. The second-order valence-corrected chi connectivity index (χ2v) is 4.44. The lowest BCUT2D eigenvalue weighted by molar-refractivity contribution is 0.161. The van der Waals surface area contributed by atoms with Crippen LogP contribution in [0.15, 0.2) is 34.9 Å². The van der Waals surface area contributed by atoms with E-state index >= 15 is 0 Å². The van der Waals surface area contributed by atoms with Gasteiger partial charge in [0.2, 0.25) is 0 Å². The quantitative estimate of drug-likeness (QED) is 0.851. The minimum atomic E-state index is -0.773. The van der Waals surface area contributed by atoms with E-state index in [0.29, 0.717) is 6.54 Å². The molecule has 94 valence electrons. The fraction of sp³-hybridized carbons (Fsp3) is 0.167. The Kier molecular flexibility index (Phi) is 3.99. The molecule has 1 heterocycles. The number of fused-ring (bicyclic) bond motifs is 1. The van der Waals surface area contributed by atoms with Gasteiger partial charge < -0.3 is 15.8 Å². The van der Waals surface area contributed by atoms with Gasteiger partial charge in [-0.25, -0.2) is 9.78 Å². The Labute approximate surface area is 112 Å². The van der Waals surface area contributed by atoms with Crippen molar-refractivity contribution in [3.8, 4) is 0 Å². The lowest BCUT2D eigenvalue weighted by Gasteiger charge is -2.09. The molecule has 0 aliphatic rings. The molecule has 0 atom stereocenters. The summed E-state index contributed by atoms with van der Waals surface area (Å²) < 4.78 is 5.65. The number of carbonyl (C=O) groups is 1. The lowest BCUT2D eigenvalue weighted by atomic mass is 10.1. The molecule has 0 aliphatic heterocycles. The zero-order valence-corrected chi connectivity index (χ0v) is 11.1. The fourth-order valence-electron chi connectivity index (χ4n) is 1.63. The lowest BCUT2D eigenvalue weighted by Crippen LogP contribution is -2.18. The number of rotatable bonds is 4. The van der Waals surface area contributed by atoms with Crippen molar-refractivity contribution >= 4 is 38.6 Å². The van der Waals surface area contributed by atoms with Gasteiger partial charge in [0.1, 0.15) is 12.4 Å². The largest absolute Gasteiger partial charge is 0.448 e. The number of nitrogens with two attached hydrogens (primary N) is 1. The van der Waals surface area contributed by atoms with Crippen molar-refractivity contribution in [1.82, 2.24) is 4.98 Å². The van der Waals surface area contributed by atoms with Crippen LogP contribution in [0.3, 0.4) is 0 Å². The van der Waals surface area contributed by atoms with E-state index in [9.17, 15) is 4.79 Å². The Balaban J connectivity index is 2.13. The first-order chi connectivity index (χ1) is 8.68. The number of anilines is 1. The van der Waals surface area contributed by atoms with Crippen LogP contribution < -0.4 is 11.1 Å². The predicted octanol–water partition coefficient (Wildman–Crippen LogP) is 2.50. The van der Waals surface area contributed by atoms with Gasteiger partial charge in [0.15, 0.2) is 0 Å². The first kappa shape index (κ1) is 12.6. The monoisotopic (exact) mass is 309 g/mol. The molecule has 0 saturated heterocycles. The minimum absolute atomic E-state index is 0.210. The fourth-order valence-corrected chi connectivity index (χ4v) is 2.13. The number of nitrogens with one attached hydrogen (secondary N) is 1. The third kappa shape index (κ3) is 2.89. The van der Waals surface area contributed by atoms with Crippen molar-refractivity contribution in [2.45, 2.75) is 0 Å². The molecule has 0 aliphatic carbocycles. The number of benzene rings is 1. The number of primary amides is 1. The molecule has 0 spiro atoms. The van der Waals surface area contributed by atoms with E-state index in [1.807, 2.05) is 24.3 Å². The SMILES string of the molecule is NC(=O)OCCNc1nccc2c(Br)cccc12. The van der Waals surface area contributed by atoms with Gasteiger partial charge in [-0.1, -0.05) is 28.1 Å². The molecule has 3 N–H and O–H groups in total. The van der Waals surface area contributed by atoms with E-state index in [2.05, 4.69) is 31.0 Å². The average molecular weight is 310 g/mol. The maximum atomic E-state index is 10.4. The molecule has 1 amide bonds. The normalized spacial score (nSPS) is 10.3. The average Bonchev–Trinajstić information content (AvgIpc) is 2.35. The number of nitrogens with zero attached hydrogens (tertiary/aromatic N) is 1. The summed E-state index contributed by atoms with van der Waals surface area (Å²) >= 11 is 3.49. The van der Waals surface area contributed by atoms with E-state index < -0.39 is 6.09 Å². The van der Waals surface area contributed by atoms with Gasteiger partial charge in [-0.15, -0.1) is 0 Å². The smallest absolute Gasteiger partial charge is 0.404 e. The second-order valence-electron chi connectivity index (χ2n) is 3.59. The molecular formula is C12H12BrN3O2. The molecule has 1 aromatic carbocycles. The molecule has 0 saturated carbocycles. The number of halogens is 1. The van der Waals surface area contributed by atoms with E-state index in [1.165, 1.54) is 0 Å². The van der Waals surface area contributed by atoms with E-state index in [0.717, 1.165) is 21.1 Å². The molecule has 2 aromatic rings. The summed E-state index contributed by atoms with van der Waals surface area (Å²) in [6.07, 6.45) is 0.954. The highest BCUT2D eigenvalue weighted by atomic mass is 79.9. The van der Waals surface area contributed by atoms with Gasteiger partial charge in [-0.05, 0) is 12.1 Å². The summed E-state index contributed by atoms with van der Waals surface area (Å²) in [5, 5.41) is 5.19. The van der Waals surface area contributed by atoms with Crippen molar-refractivity contribution in [2.75, 3.05) is 18.5 Å². The maximum absolute atomic E-state index is 10.4. The Hall–Kier alpha value is -1.82. The number of hydrogen-bond donors (Lipinski definition) is 2. The van der Waals surface area contributed by atoms with Gasteiger partial charge in [-0.3, -0.25) is 0 Å². The van der Waals surface area contributed by atoms with Crippen LogP contribution >= 0.6 is 15.9 Å². The van der Waals surface area contributed by atoms with Crippen LogP contribution in [0.5, 0.6) is 0 Å². The summed E-state index contributed by atoms with van der Waals surface area (Å²) in [5.41, 5.74) is 4.87. The molecular weight excluding hydrogens is 298 g/mol. The molecule has 2 rings (SSSR count). The Morgan fingerprint density at radius 1 is 1.39 bits per heavy atom. The first-order valence-electron chi connectivity index (χ1n) is 5.38. The molecule has 0 fully saturated rings. The first-order valence-corrected chi connectivity index (χ1v) is 6.17. The maximum Gasteiger partial charge on any atom is 0.404 e. The van der Waals surface area contributed by atoms with Crippen LogP contribution in [0.4, 0.5) is 10.6 Å². The highest BCUT2D eigenvalue weighted by Crippen LogP contribution is 2.27. The Morgan fingerprint density at radius 2 is 2.22 bits per heavy atom. The summed E-state index contributed by atoms with van der Waals surface area (Å²) in [4.78, 5) is 14.7. The van der Waals surface area contributed by atoms with Crippen LogP contribution in [-0.2, 0) is 4.74 Å². The van der Waals surface area contributed by atoms with E-state index in [1.54, 1.807) is 6.20 Å². The van der Waals surface area contributed by atoms with Crippen molar-refractivity contribution < 1.29 is 9.53 Å². The number of carbonyl (C=O) groups excluding carboxylic acids is 1. The van der Waals surface area contributed by atoms with Gasteiger partial charge in [0.05, 0.1) is 6.54 Å². The van der Waals surface area contributed by atoms with Gasteiger partial charge in [0.25, 0.3) is 0 Å². The van der Waals surface area contributed by atoms with Crippen LogP contribution in [0.25, 0.3) is 10.8 Å². The zero-order valence-electron chi connectivity index (χ0n) is 9.52. The van der Waals surface area contributed by atoms with Crippen molar-refractivity contribution in [3.05, 3.63) is 34.9 Å². The highest BCUT2D eigenvalue weighted by Gasteiger charge is 2.04. The Morgan fingerprint density at radius 3 is 3.00 bits per heavy atom. The van der Waals surface area contributed by atoms with E-state index in [4.69, 9.17) is 5.73 Å². The highest BCUT2D eigenvalue weighted by molar-refractivity contribution is 9.10. The standard InChI is InChI=1S/C12H12BrN3O2/c13-10-3-1-2-9-8(10)4-5-15-11(9)16-6-7-18-12(14)17/h1-5H,6-7H2,(H2,14,17)(H,15,16). The number of hydrogen-bond acceptors (Lipinski definition) is 4. The van der Waals surface area contributed by atoms with Crippen LogP contribution in [0.2, 0.25) is 0 Å². The molecule has 0 bridgehead atoms. The van der Waals surface area contributed by atoms with E-state index in [-0.39, 0.29) is 6.61 Å². The van der Waals surface area contributed by atoms with Crippen molar-refractivity contribution in [1.29, 1.82) is 0 Å². The molecule has 6 heteroatoms. The van der Waals surface area contributed by atoms with Crippen molar-refractivity contribution in [3.63, 3.8) is 0 Å². The molecule has 18 heavy (non-hydrogen) atoms. The van der Waals surface area contributed by atoms with Crippen LogP contribution in [-0.4, -0.2) is 24.2 Å². The number of amides is 1. The molecule has 1 aromatic heterocycles. The van der Waals surface area contributed by atoms with Gasteiger partial charge in [-0.2, -0.15) is 0 Å². The van der Waals surface area contributed by atoms with Crippen molar-refractivity contribution in [2.24, 2.45) is 5.73 Å². The molecule has 0 unspecified atom stereocenters. The number of pyridine rings is 1. The van der Waals surface area contributed by atoms with Gasteiger partial charge in [0, 0.05) is 21.4 Å². The van der Waals surface area contributed by atoms with Crippen LogP contribution in [0, 0.1) is 0 Å². The van der Waals surface area contributed by atoms with Crippen LogP contribution in [0.1, 0.15) is 0 Å². The summed E-state index contributed by atoms with van der Waals surface area (Å²) in [5.74, 6) is 0.752. The summed E-state index contributed by atoms with van der Waals surface area (Å²) in [6.45, 7) is 0.670. The summed E-state index contributed by atoms with van der Waals surface area (Å²) in [6, 6.07) is 7.83. The number of ether oxygens (including phenoxy) is 1. The Bertz CT molecular complexity index is 574. The third-order valence-electron chi connectivity index (χ3n) is 2.39. The third-order valence-corrected chi connectivity index (χ3v) is 3.08. The van der Waals surface area contributed by atoms with Gasteiger partial charge >= 0.3 is 6.09 Å². The number of aromatic nitrogens is 1. The molecule has 0 radical (unpaired) electrons. The zero-order chi connectivity index (χ0) is 13.0.